The van der Waals surface area contributed by atoms with Crippen molar-refractivity contribution in [2.75, 3.05) is 0 Å². The monoisotopic (exact) mass is 266 g/mol. The van der Waals surface area contributed by atoms with Crippen molar-refractivity contribution >= 4 is 17.6 Å². The van der Waals surface area contributed by atoms with Crippen LogP contribution in [0.3, 0.4) is 0 Å². The van der Waals surface area contributed by atoms with Gasteiger partial charge in [0.05, 0.1) is 11.3 Å². The van der Waals surface area contributed by atoms with Crippen LogP contribution in [0.15, 0.2) is 24.3 Å². The highest BCUT2D eigenvalue weighted by molar-refractivity contribution is 5.75. The molecule has 0 aromatic heterocycles. The molecule has 1 amide bonds. The van der Waals surface area contributed by atoms with E-state index in [1.807, 2.05) is 0 Å². The maximum absolute atomic E-state index is 11.0. The molecule has 19 heavy (non-hydrogen) atoms. The topological polar surface area (TPSA) is 110 Å². The lowest BCUT2D eigenvalue weighted by molar-refractivity contribution is -0.384. The lowest BCUT2D eigenvalue weighted by Gasteiger charge is -2.15. The van der Waals surface area contributed by atoms with E-state index in [0.717, 1.165) is 5.56 Å². The predicted octanol–water partition coefficient (Wildman–Crippen LogP) is 1.12. The Balaban J connectivity index is 2.74. The number of rotatable bonds is 6. The summed E-state index contributed by atoms with van der Waals surface area (Å²) < 4.78 is 0. The first-order valence-corrected chi connectivity index (χ1v) is 5.60. The molecule has 7 nitrogen and oxygen atoms in total. The number of hydrogen-bond donors (Lipinski definition) is 2. The fraction of sp³-hybridized carbons (Fsp3) is 0.333. The van der Waals surface area contributed by atoms with Crippen molar-refractivity contribution in [1.82, 2.24) is 5.32 Å². The minimum Gasteiger partial charge on any atom is -0.481 e. The molecule has 0 radical (unpaired) electrons. The third-order valence-electron chi connectivity index (χ3n) is 2.46. The molecule has 0 fully saturated rings. The zero-order valence-electron chi connectivity index (χ0n) is 10.3. The van der Waals surface area contributed by atoms with Gasteiger partial charge in [-0.2, -0.15) is 0 Å². The van der Waals surface area contributed by atoms with Gasteiger partial charge in [0.1, 0.15) is 0 Å². The van der Waals surface area contributed by atoms with E-state index in [2.05, 4.69) is 5.32 Å². The largest absolute Gasteiger partial charge is 0.481 e. The Labute approximate surface area is 109 Å². The maximum Gasteiger partial charge on any atom is 0.305 e. The van der Waals surface area contributed by atoms with Gasteiger partial charge < -0.3 is 10.4 Å². The molecule has 1 unspecified atom stereocenters. The number of benzene rings is 1. The molecular weight excluding hydrogens is 252 g/mol. The van der Waals surface area contributed by atoms with Crippen molar-refractivity contribution < 1.29 is 19.6 Å². The molecule has 0 heterocycles. The van der Waals surface area contributed by atoms with E-state index in [1.54, 1.807) is 12.1 Å². The lowest BCUT2D eigenvalue weighted by Crippen LogP contribution is -2.36. The number of non-ortho nitro benzene ring substituents is 1. The molecule has 1 aromatic carbocycles. The van der Waals surface area contributed by atoms with Gasteiger partial charge in [-0.15, -0.1) is 0 Å². The predicted molar refractivity (Wildman–Crippen MR) is 66.7 cm³/mol. The highest BCUT2D eigenvalue weighted by Gasteiger charge is 2.15. The van der Waals surface area contributed by atoms with Crippen LogP contribution in [0.25, 0.3) is 0 Å². The van der Waals surface area contributed by atoms with Gasteiger partial charge in [-0.25, -0.2) is 0 Å². The van der Waals surface area contributed by atoms with Crippen molar-refractivity contribution in [1.29, 1.82) is 0 Å². The number of hydrogen-bond acceptors (Lipinski definition) is 4. The number of amides is 1. The van der Waals surface area contributed by atoms with Crippen molar-refractivity contribution in [3.05, 3.63) is 39.9 Å². The SMILES string of the molecule is CC(=O)NC(CC(=O)O)Cc1ccc([N+](=O)[O-])cc1. The quantitative estimate of drug-likeness (QED) is 0.592. The Morgan fingerprint density at radius 3 is 2.37 bits per heavy atom. The second-order valence-electron chi connectivity index (χ2n) is 4.12. The number of aliphatic carboxylic acids is 1. The maximum atomic E-state index is 11.0. The van der Waals surface area contributed by atoms with E-state index < -0.39 is 16.9 Å². The first kappa shape index (κ1) is 14.6. The standard InChI is InChI=1S/C12H14N2O5/c1-8(15)13-10(7-12(16)17)6-9-2-4-11(5-3-9)14(18)19/h2-5,10H,6-7H2,1H3,(H,13,15)(H,16,17). The molecule has 1 atom stereocenters. The average Bonchev–Trinajstić information content (AvgIpc) is 2.27. The molecule has 1 aromatic rings. The van der Waals surface area contributed by atoms with Gasteiger partial charge in [-0.05, 0) is 12.0 Å². The summed E-state index contributed by atoms with van der Waals surface area (Å²) in [6.07, 6.45) is 0.112. The van der Waals surface area contributed by atoms with Crippen molar-refractivity contribution in [2.45, 2.75) is 25.8 Å². The first-order chi connectivity index (χ1) is 8.88. The molecule has 0 spiro atoms. The Morgan fingerprint density at radius 1 is 1.37 bits per heavy atom. The molecule has 0 bridgehead atoms. The summed E-state index contributed by atoms with van der Waals surface area (Å²) in [6.45, 7) is 1.31. The fourth-order valence-electron chi connectivity index (χ4n) is 1.71. The number of carboxylic acid groups (broad SMARTS) is 1. The normalized spacial score (nSPS) is 11.6. The minimum atomic E-state index is -1.01. The van der Waals surface area contributed by atoms with Crippen LogP contribution in [0, 0.1) is 10.1 Å². The molecule has 0 aliphatic rings. The number of carbonyl (C=O) groups is 2. The van der Waals surface area contributed by atoms with Crippen LogP contribution < -0.4 is 5.32 Å². The second-order valence-corrected chi connectivity index (χ2v) is 4.12. The summed E-state index contributed by atoms with van der Waals surface area (Å²) in [5, 5.41) is 21.8. The zero-order chi connectivity index (χ0) is 14.4. The summed E-state index contributed by atoms with van der Waals surface area (Å²) >= 11 is 0. The molecule has 0 aliphatic carbocycles. The Hall–Kier alpha value is -2.44. The summed E-state index contributed by atoms with van der Waals surface area (Å²) in [7, 11) is 0. The van der Waals surface area contributed by atoms with Crippen LogP contribution >= 0.6 is 0 Å². The van der Waals surface area contributed by atoms with E-state index in [9.17, 15) is 19.7 Å². The van der Waals surface area contributed by atoms with E-state index in [0.29, 0.717) is 6.42 Å². The Morgan fingerprint density at radius 2 is 1.95 bits per heavy atom. The molecule has 7 heteroatoms. The molecule has 1 rings (SSSR count). The minimum absolute atomic E-state index is 0.0296. The van der Waals surface area contributed by atoms with Crippen LogP contribution in [-0.2, 0) is 16.0 Å². The highest BCUT2D eigenvalue weighted by atomic mass is 16.6. The number of nitrogens with zero attached hydrogens (tertiary/aromatic N) is 1. The average molecular weight is 266 g/mol. The molecular formula is C12H14N2O5. The third-order valence-corrected chi connectivity index (χ3v) is 2.46. The molecule has 102 valence electrons. The summed E-state index contributed by atoms with van der Waals surface area (Å²) in [6, 6.07) is 5.27. The fourth-order valence-corrected chi connectivity index (χ4v) is 1.71. The molecule has 0 saturated carbocycles. The van der Waals surface area contributed by atoms with Gasteiger partial charge in [0.2, 0.25) is 5.91 Å². The highest BCUT2D eigenvalue weighted by Crippen LogP contribution is 2.14. The Kier molecular flexibility index (Phi) is 4.99. The molecule has 0 saturated heterocycles. The van der Waals surface area contributed by atoms with Crippen molar-refractivity contribution in [2.24, 2.45) is 0 Å². The number of nitrogens with one attached hydrogen (secondary N) is 1. The number of carbonyl (C=O) groups excluding carboxylic acids is 1. The summed E-state index contributed by atoms with van der Waals surface area (Å²) in [5.41, 5.74) is 0.698. The van der Waals surface area contributed by atoms with Gasteiger partial charge in [-0.3, -0.25) is 19.7 Å². The second kappa shape index (κ2) is 6.48. The van der Waals surface area contributed by atoms with Crippen LogP contribution in [0.5, 0.6) is 0 Å². The van der Waals surface area contributed by atoms with Crippen LogP contribution in [0.1, 0.15) is 18.9 Å². The smallest absolute Gasteiger partial charge is 0.305 e. The van der Waals surface area contributed by atoms with Crippen LogP contribution in [0.4, 0.5) is 5.69 Å². The van der Waals surface area contributed by atoms with Crippen LogP contribution in [-0.4, -0.2) is 27.9 Å². The number of carboxylic acids is 1. The lowest BCUT2D eigenvalue weighted by atomic mass is 10.0. The Bertz CT molecular complexity index is 467. The molecule has 2 N–H and O–H groups in total. The molecule has 0 aliphatic heterocycles. The first-order valence-electron chi connectivity index (χ1n) is 5.60. The number of nitro groups is 1. The van der Waals surface area contributed by atoms with Gasteiger partial charge in [-0.1, -0.05) is 12.1 Å². The number of nitro benzene ring substituents is 1. The van der Waals surface area contributed by atoms with Gasteiger partial charge in [0.15, 0.2) is 0 Å². The third kappa shape index (κ3) is 5.15. The summed E-state index contributed by atoms with van der Waals surface area (Å²) in [4.78, 5) is 31.6. The van der Waals surface area contributed by atoms with Crippen LogP contribution in [0.2, 0.25) is 0 Å². The van der Waals surface area contributed by atoms with Gasteiger partial charge in [0.25, 0.3) is 5.69 Å². The van der Waals surface area contributed by atoms with Gasteiger partial charge in [0, 0.05) is 25.1 Å². The zero-order valence-corrected chi connectivity index (χ0v) is 10.3. The van der Waals surface area contributed by atoms with Crippen molar-refractivity contribution in [3.8, 4) is 0 Å². The van der Waals surface area contributed by atoms with E-state index in [4.69, 9.17) is 5.11 Å². The van der Waals surface area contributed by atoms with E-state index in [1.165, 1.54) is 19.1 Å². The van der Waals surface area contributed by atoms with Crippen molar-refractivity contribution in [3.63, 3.8) is 0 Å². The van der Waals surface area contributed by atoms with E-state index in [-0.39, 0.29) is 18.0 Å². The summed E-state index contributed by atoms with van der Waals surface area (Å²) in [5.74, 6) is -1.33. The van der Waals surface area contributed by atoms with Gasteiger partial charge >= 0.3 is 5.97 Å². The van der Waals surface area contributed by atoms with E-state index >= 15 is 0 Å².